The van der Waals surface area contributed by atoms with Crippen LogP contribution in [0.25, 0.3) is 0 Å². The molecular formula is C17H27N3. The van der Waals surface area contributed by atoms with Crippen LogP contribution in [0.1, 0.15) is 43.4 Å². The maximum absolute atomic E-state index is 4.33. The van der Waals surface area contributed by atoms with Crippen molar-refractivity contribution in [2.75, 3.05) is 6.54 Å². The van der Waals surface area contributed by atoms with Crippen LogP contribution in [0.2, 0.25) is 0 Å². The Balaban J connectivity index is 1.35. The maximum Gasteiger partial charge on any atom is 0.0537 e. The summed E-state index contributed by atoms with van der Waals surface area (Å²) in [5.74, 6) is 5.21. The lowest BCUT2D eigenvalue weighted by Crippen LogP contribution is -2.48. The number of hydrogen-bond acceptors (Lipinski definition) is 2. The minimum absolute atomic E-state index is 0.958. The predicted molar refractivity (Wildman–Crippen MR) is 80.2 cm³/mol. The summed E-state index contributed by atoms with van der Waals surface area (Å²) in [6.07, 6.45) is 9.70. The average Bonchev–Trinajstić information content (AvgIpc) is 2.73. The zero-order valence-corrected chi connectivity index (χ0v) is 12.8. The van der Waals surface area contributed by atoms with Crippen LogP contribution in [0.5, 0.6) is 0 Å². The third kappa shape index (κ3) is 2.11. The van der Waals surface area contributed by atoms with E-state index >= 15 is 0 Å². The summed E-state index contributed by atoms with van der Waals surface area (Å²) >= 11 is 0. The topological polar surface area (TPSA) is 29.9 Å². The van der Waals surface area contributed by atoms with Gasteiger partial charge in [-0.2, -0.15) is 5.10 Å². The van der Waals surface area contributed by atoms with E-state index in [4.69, 9.17) is 0 Å². The number of nitrogens with one attached hydrogen (secondary N) is 1. The highest BCUT2D eigenvalue weighted by atomic mass is 15.3. The Morgan fingerprint density at radius 2 is 1.80 bits per heavy atom. The molecule has 1 aromatic heterocycles. The first-order valence-electron chi connectivity index (χ1n) is 8.39. The van der Waals surface area contributed by atoms with Crippen molar-refractivity contribution in [2.45, 2.75) is 45.6 Å². The van der Waals surface area contributed by atoms with Crippen LogP contribution in [0, 0.1) is 36.5 Å². The molecule has 4 saturated carbocycles. The van der Waals surface area contributed by atoms with Crippen molar-refractivity contribution in [1.29, 1.82) is 0 Å². The van der Waals surface area contributed by atoms with Crippen molar-refractivity contribution in [3.05, 3.63) is 17.5 Å². The van der Waals surface area contributed by atoms with E-state index in [2.05, 4.69) is 17.3 Å². The first-order chi connectivity index (χ1) is 9.70. The van der Waals surface area contributed by atoms with Gasteiger partial charge in [-0.3, -0.25) is 4.68 Å². The van der Waals surface area contributed by atoms with Crippen molar-refractivity contribution >= 4 is 0 Å². The van der Waals surface area contributed by atoms with Crippen LogP contribution in [-0.4, -0.2) is 16.3 Å². The van der Waals surface area contributed by atoms with Gasteiger partial charge in [0.1, 0.15) is 0 Å². The Bertz CT molecular complexity index is 462. The second-order valence-electron chi connectivity index (χ2n) is 7.60. The molecule has 0 aliphatic heterocycles. The predicted octanol–water partition coefficient (Wildman–Crippen LogP) is 2.89. The molecule has 4 aliphatic carbocycles. The third-order valence-corrected chi connectivity index (χ3v) is 6.45. The molecule has 110 valence electrons. The molecule has 4 aliphatic rings. The van der Waals surface area contributed by atoms with Gasteiger partial charge in [0.25, 0.3) is 0 Å². The summed E-state index contributed by atoms with van der Waals surface area (Å²) in [6, 6.07) is 0. The van der Waals surface area contributed by atoms with Gasteiger partial charge < -0.3 is 5.32 Å². The second kappa shape index (κ2) is 4.87. The molecule has 0 atom stereocenters. The lowest BCUT2D eigenvalue weighted by Gasteiger charge is -2.54. The molecule has 3 heteroatoms. The molecule has 0 amide bonds. The van der Waals surface area contributed by atoms with Gasteiger partial charge in [-0.25, -0.2) is 0 Å². The van der Waals surface area contributed by atoms with Crippen molar-refractivity contribution < 1.29 is 0 Å². The Morgan fingerprint density at radius 3 is 2.35 bits per heavy atom. The molecule has 1 heterocycles. The van der Waals surface area contributed by atoms with E-state index < -0.39 is 0 Å². The molecule has 1 aromatic rings. The van der Waals surface area contributed by atoms with Crippen LogP contribution >= 0.6 is 0 Å². The highest BCUT2D eigenvalue weighted by molar-refractivity contribution is 5.15. The molecular weight excluding hydrogens is 246 g/mol. The Labute approximate surface area is 122 Å². The van der Waals surface area contributed by atoms with E-state index in [-0.39, 0.29) is 0 Å². The smallest absolute Gasteiger partial charge is 0.0537 e. The minimum atomic E-state index is 0.958. The fourth-order valence-electron chi connectivity index (χ4n) is 5.46. The van der Waals surface area contributed by atoms with Crippen molar-refractivity contribution in [2.24, 2.45) is 36.6 Å². The molecule has 4 bridgehead atoms. The van der Waals surface area contributed by atoms with E-state index in [1.165, 1.54) is 43.5 Å². The molecule has 0 unspecified atom stereocenters. The Hall–Kier alpha value is -0.830. The summed E-state index contributed by atoms with van der Waals surface area (Å²) in [7, 11) is 2.02. The first-order valence-corrected chi connectivity index (χ1v) is 8.39. The SMILES string of the molecule is Cc1c(CNCC2C3CC4CC(C3)CC2C4)cnn1C. The largest absolute Gasteiger partial charge is 0.312 e. The van der Waals surface area contributed by atoms with Crippen LogP contribution in [-0.2, 0) is 13.6 Å². The van der Waals surface area contributed by atoms with E-state index in [1.54, 1.807) is 6.42 Å². The fraction of sp³-hybridized carbons (Fsp3) is 0.824. The molecule has 5 rings (SSSR count). The van der Waals surface area contributed by atoms with Gasteiger partial charge in [0.2, 0.25) is 0 Å². The lowest BCUT2D eigenvalue weighted by molar-refractivity contribution is -0.0355. The van der Waals surface area contributed by atoms with Crippen molar-refractivity contribution in [3.8, 4) is 0 Å². The lowest BCUT2D eigenvalue weighted by atomic mass is 9.52. The van der Waals surface area contributed by atoms with Gasteiger partial charge in [-0.05, 0) is 75.2 Å². The molecule has 4 fully saturated rings. The maximum atomic E-state index is 4.33. The van der Waals surface area contributed by atoms with Gasteiger partial charge in [0, 0.05) is 24.8 Å². The van der Waals surface area contributed by atoms with E-state index in [9.17, 15) is 0 Å². The zero-order chi connectivity index (χ0) is 13.7. The number of rotatable bonds is 4. The van der Waals surface area contributed by atoms with Crippen LogP contribution in [0.15, 0.2) is 6.20 Å². The zero-order valence-electron chi connectivity index (χ0n) is 12.8. The van der Waals surface area contributed by atoms with E-state index in [0.717, 1.165) is 36.1 Å². The van der Waals surface area contributed by atoms with Crippen molar-refractivity contribution in [3.63, 3.8) is 0 Å². The van der Waals surface area contributed by atoms with E-state index in [0.29, 0.717) is 0 Å². The molecule has 20 heavy (non-hydrogen) atoms. The normalized spacial score (nSPS) is 38.6. The average molecular weight is 273 g/mol. The number of hydrogen-bond donors (Lipinski definition) is 1. The molecule has 1 N–H and O–H groups in total. The van der Waals surface area contributed by atoms with Gasteiger partial charge in [0.05, 0.1) is 6.20 Å². The number of nitrogens with zero attached hydrogens (tertiary/aromatic N) is 2. The third-order valence-electron chi connectivity index (χ3n) is 6.45. The summed E-state index contributed by atoms with van der Waals surface area (Å²) in [5, 5.41) is 8.06. The molecule has 0 saturated heterocycles. The van der Waals surface area contributed by atoms with Crippen LogP contribution in [0.3, 0.4) is 0 Å². The van der Waals surface area contributed by atoms with Gasteiger partial charge in [-0.1, -0.05) is 0 Å². The molecule has 0 spiro atoms. The summed E-state index contributed by atoms with van der Waals surface area (Å²) in [6.45, 7) is 4.37. The Kier molecular flexibility index (Phi) is 3.13. The van der Waals surface area contributed by atoms with Gasteiger partial charge >= 0.3 is 0 Å². The van der Waals surface area contributed by atoms with Crippen LogP contribution in [0.4, 0.5) is 0 Å². The molecule has 0 radical (unpaired) electrons. The summed E-state index contributed by atoms with van der Waals surface area (Å²) in [5.41, 5.74) is 2.65. The molecule has 0 aromatic carbocycles. The molecule has 3 nitrogen and oxygen atoms in total. The highest BCUT2D eigenvalue weighted by Crippen LogP contribution is 2.56. The standard InChI is InChI=1S/C17H27N3/c1-11-16(9-19-20(11)2)8-18-10-17-14-4-12-3-13(6-14)7-15(17)5-12/h9,12-15,17-18H,3-8,10H2,1-2H3. The fourth-order valence-corrected chi connectivity index (χ4v) is 5.46. The first kappa shape index (κ1) is 12.9. The van der Waals surface area contributed by atoms with Crippen molar-refractivity contribution in [1.82, 2.24) is 15.1 Å². The monoisotopic (exact) mass is 273 g/mol. The number of aromatic nitrogens is 2. The second-order valence-corrected chi connectivity index (χ2v) is 7.60. The van der Waals surface area contributed by atoms with Gasteiger partial charge in [-0.15, -0.1) is 0 Å². The summed E-state index contributed by atoms with van der Waals surface area (Å²) < 4.78 is 1.97. The number of aryl methyl sites for hydroxylation is 1. The highest BCUT2D eigenvalue weighted by Gasteiger charge is 2.47. The van der Waals surface area contributed by atoms with Crippen LogP contribution < -0.4 is 5.32 Å². The quantitative estimate of drug-likeness (QED) is 0.914. The Morgan fingerprint density at radius 1 is 1.15 bits per heavy atom. The van der Waals surface area contributed by atoms with E-state index in [1.807, 2.05) is 17.9 Å². The van der Waals surface area contributed by atoms with Gasteiger partial charge in [0.15, 0.2) is 0 Å². The minimum Gasteiger partial charge on any atom is -0.312 e. The summed E-state index contributed by atoms with van der Waals surface area (Å²) in [4.78, 5) is 0.